The van der Waals surface area contributed by atoms with Crippen molar-refractivity contribution in [3.8, 4) is 5.75 Å². The van der Waals surface area contributed by atoms with Crippen LogP contribution in [0, 0.1) is 6.92 Å². The number of aryl methyl sites for hydroxylation is 1. The van der Waals surface area contributed by atoms with Crippen LogP contribution in [0.15, 0.2) is 48.5 Å². The summed E-state index contributed by atoms with van der Waals surface area (Å²) in [6.07, 6.45) is -0.967. The molecule has 2 aromatic rings. The van der Waals surface area contributed by atoms with Crippen molar-refractivity contribution in [3.05, 3.63) is 65.2 Å². The van der Waals surface area contributed by atoms with Crippen LogP contribution in [0.4, 0.5) is 0 Å². The number of ether oxygens (including phenoxy) is 2. The first kappa shape index (κ1) is 21.9. The monoisotopic (exact) mass is 398 g/mol. The van der Waals surface area contributed by atoms with E-state index in [1.165, 1.54) is 6.92 Å². The van der Waals surface area contributed by atoms with Crippen LogP contribution < -0.4 is 15.4 Å². The first-order chi connectivity index (χ1) is 13.9. The Hall–Kier alpha value is -3.35. The minimum Gasteiger partial charge on any atom is -0.496 e. The van der Waals surface area contributed by atoms with Crippen LogP contribution in [-0.4, -0.2) is 37.5 Å². The maximum Gasteiger partial charge on any atom is 0.308 e. The smallest absolute Gasteiger partial charge is 0.308 e. The van der Waals surface area contributed by atoms with Gasteiger partial charge in [0, 0.05) is 24.2 Å². The molecule has 154 valence electrons. The second-order valence-corrected chi connectivity index (χ2v) is 6.48. The van der Waals surface area contributed by atoms with Crippen molar-refractivity contribution in [2.75, 3.05) is 13.7 Å². The van der Waals surface area contributed by atoms with E-state index in [-0.39, 0.29) is 25.4 Å². The number of hydrogen-bond acceptors (Lipinski definition) is 5. The number of methoxy groups -OCH3 is 1. The standard InChI is InChI=1S/C22H26N2O5/c1-15-8-4-6-10-18(15)22(27)23-13-12-20(25)29-16(2)21(26)24-14-17-9-5-7-11-19(17)28-3/h4-11,16H,12-14H2,1-3H3,(H,23,27)(H,24,26). The van der Waals surface area contributed by atoms with Crippen molar-refractivity contribution in [2.45, 2.75) is 32.9 Å². The molecule has 7 nitrogen and oxygen atoms in total. The number of benzene rings is 2. The summed E-state index contributed by atoms with van der Waals surface area (Å²) in [4.78, 5) is 36.2. The lowest BCUT2D eigenvalue weighted by molar-refractivity contribution is -0.154. The van der Waals surface area contributed by atoms with E-state index in [0.717, 1.165) is 11.1 Å². The van der Waals surface area contributed by atoms with E-state index < -0.39 is 18.0 Å². The zero-order valence-electron chi connectivity index (χ0n) is 16.9. The molecule has 0 aromatic heterocycles. The number of nitrogens with one attached hydrogen (secondary N) is 2. The highest BCUT2D eigenvalue weighted by Gasteiger charge is 2.18. The molecule has 0 saturated heterocycles. The fourth-order valence-electron chi connectivity index (χ4n) is 2.69. The molecule has 0 radical (unpaired) electrons. The van der Waals surface area contributed by atoms with Gasteiger partial charge >= 0.3 is 5.97 Å². The van der Waals surface area contributed by atoms with E-state index in [9.17, 15) is 14.4 Å². The molecule has 0 spiro atoms. The van der Waals surface area contributed by atoms with Crippen molar-refractivity contribution in [1.82, 2.24) is 10.6 Å². The molecule has 2 rings (SSSR count). The molecule has 0 bridgehead atoms. The fourth-order valence-corrected chi connectivity index (χ4v) is 2.69. The highest BCUT2D eigenvalue weighted by atomic mass is 16.5. The number of para-hydroxylation sites is 1. The summed E-state index contributed by atoms with van der Waals surface area (Å²) < 4.78 is 10.4. The molecule has 2 aromatic carbocycles. The van der Waals surface area contributed by atoms with Gasteiger partial charge in [0.05, 0.1) is 13.5 Å². The zero-order valence-corrected chi connectivity index (χ0v) is 16.9. The van der Waals surface area contributed by atoms with Crippen molar-refractivity contribution in [1.29, 1.82) is 0 Å². The quantitative estimate of drug-likeness (QED) is 0.633. The molecule has 7 heteroatoms. The Labute approximate surface area is 170 Å². The second kappa shape index (κ2) is 10.8. The minimum absolute atomic E-state index is 0.0260. The molecular formula is C22H26N2O5. The molecule has 0 aliphatic rings. The lowest BCUT2D eigenvalue weighted by Crippen LogP contribution is -2.36. The summed E-state index contributed by atoms with van der Waals surface area (Å²) in [6, 6.07) is 14.5. The van der Waals surface area contributed by atoms with E-state index in [2.05, 4.69) is 10.6 Å². The van der Waals surface area contributed by atoms with Gasteiger partial charge in [-0.1, -0.05) is 36.4 Å². The normalized spacial score (nSPS) is 11.3. The van der Waals surface area contributed by atoms with Crippen LogP contribution in [0.3, 0.4) is 0 Å². The SMILES string of the molecule is COc1ccccc1CNC(=O)C(C)OC(=O)CCNC(=O)c1ccccc1C. The molecule has 2 amide bonds. The lowest BCUT2D eigenvalue weighted by atomic mass is 10.1. The van der Waals surface area contributed by atoms with Crippen LogP contribution in [0.2, 0.25) is 0 Å². The maximum absolute atomic E-state index is 12.2. The van der Waals surface area contributed by atoms with E-state index in [4.69, 9.17) is 9.47 Å². The van der Waals surface area contributed by atoms with Crippen molar-refractivity contribution >= 4 is 17.8 Å². The number of carbonyl (C=O) groups is 3. The average molecular weight is 398 g/mol. The second-order valence-electron chi connectivity index (χ2n) is 6.48. The Bertz CT molecular complexity index is 866. The third-order valence-corrected chi connectivity index (χ3v) is 4.33. The molecule has 1 atom stereocenters. The number of amides is 2. The van der Waals surface area contributed by atoms with Gasteiger partial charge in [-0.25, -0.2) is 0 Å². The molecule has 2 N–H and O–H groups in total. The molecule has 0 fully saturated rings. The Morgan fingerprint density at radius 3 is 2.41 bits per heavy atom. The van der Waals surface area contributed by atoms with Crippen LogP contribution in [0.1, 0.15) is 34.8 Å². The molecule has 29 heavy (non-hydrogen) atoms. The van der Waals surface area contributed by atoms with Crippen LogP contribution >= 0.6 is 0 Å². The van der Waals surface area contributed by atoms with Gasteiger partial charge in [-0.3, -0.25) is 14.4 Å². The number of carbonyl (C=O) groups excluding carboxylic acids is 3. The maximum atomic E-state index is 12.2. The molecule has 0 saturated carbocycles. The van der Waals surface area contributed by atoms with Crippen molar-refractivity contribution in [2.24, 2.45) is 0 Å². The van der Waals surface area contributed by atoms with E-state index >= 15 is 0 Å². The van der Waals surface area contributed by atoms with Crippen molar-refractivity contribution < 1.29 is 23.9 Å². The molecule has 0 aliphatic carbocycles. The zero-order chi connectivity index (χ0) is 21.2. The van der Waals surface area contributed by atoms with Crippen LogP contribution in [-0.2, 0) is 20.9 Å². The first-order valence-corrected chi connectivity index (χ1v) is 9.35. The van der Waals surface area contributed by atoms with Crippen molar-refractivity contribution in [3.63, 3.8) is 0 Å². The summed E-state index contributed by atoms with van der Waals surface area (Å²) in [5, 5.41) is 5.39. The number of rotatable bonds is 9. The van der Waals surface area contributed by atoms with Crippen LogP contribution in [0.5, 0.6) is 5.75 Å². The Morgan fingerprint density at radius 2 is 1.69 bits per heavy atom. The van der Waals surface area contributed by atoms with E-state index in [1.807, 2.05) is 37.3 Å². The van der Waals surface area contributed by atoms with Gasteiger partial charge in [0.2, 0.25) is 0 Å². The molecule has 0 aliphatic heterocycles. The Kier molecular flexibility index (Phi) is 8.21. The fraction of sp³-hybridized carbons (Fsp3) is 0.318. The third kappa shape index (κ3) is 6.64. The topological polar surface area (TPSA) is 93.7 Å². The van der Waals surface area contributed by atoms with Crippen LogP contribution in [0.25, 0.3) is 0 Å². The Balaban J connectivity index is 1.73. The largest absolute Gasteiger partial charge is 0.496 e. The van der Waals surface area contributed by atoms with Gasteiger partial charge in [-0.05, 0) is 31.5 Å². The van der Waals surface area contributed by atoms with Gasteiger partial charge in [0.1, 0.15) is 5.75 Å². The van der Waals surface area contributed by atoms with Gasteiger partial charge in [0.25, 0.3) is 11.8 Å². The third-order valence-electron chi connectivity index (χ3n) is 4.33. The predicted octanol–water partition coefficient (Wildman–Crippen LogP) is 2.37. The molecule has 0 heterocycles. The lowest BCUT2D eigenvalue weighted by Gasteiger charge is -2.15. The summed E-state index contributed by atoms with van der Waals surface area (Å²) in [5.41, 5.74) is 2.23. The summed E-state index contributed by atoms with van der Waals surface area (Å²) in [5.74, 6) is -0.552. The summed E-state index contributed by atoms with van der Waals surface area (Å²) in [6.45, 7) is 3.73. The average Bonchev–Trinajstić information content (AvgIpc) is 2.72. The minimum atomic E-state index is -0.940. The van der Waals surface area contributed by atoms with Gasteiger partial charge in [0.15, 0.2) is 6.10 Å². The predicted molar refractivity (Wildman–Crippen MR) is 109 cm³/mol. The van der Waals surface area contributed by atoms with E-state index in [0.29, 0.717) is 11.3 Å². The summed E-state index contributed by atoms with van der Waals surface area (Å²) >= 11 is 0. The Morgan fingerprint density at radius 1 is 1.00 bits per heavy atom. The number of hydrogen-bond donors (Lipinski definition) is 2. The highest BCUT2D eigenvalue weighted by Crippen LogP contribution is 2.16. The first-order valence-electron chi connectivity index (χ1n) is 9.35. The van der Waals surface area contributed by atoms with Gasteiger partial charge < -0.3 is 20.1 Å². The van der Waals surface area contributed by atoms with Gasteiger partial charge in [-0.2, -0.15) is 0 Å². The highest BCUT2D eigenvalue weighted by molar-refractivity contribution is 5.95. The van der Waals surface area contributed by atoms with E-state index in [1.54, 1.807) is 25.3 Å². The van der Waals surface area contributed by atoms with Gasteiger partial charge in [-0.15, -0.1) is 0 Å². The summed E-state index contributed by atoms with van der Waals surface area (Å²) in [7, 11) is 1.56. The molecular weight excluding hydrogens is 372 g/mol. The number of esters is 1. The molecule has 1 unspecified atom stereocenters.